The molecule has 0 fully saturated rings. The number of nitrogens with zero attached hydrogens (tertiary/aromatic N) is 3. The lowest BCUT2D eigenvalue weighted by Gasteiger charge is -2.21. The van der Waals surface area contributed by atoms with Crippen LogP contribution in [0.4, 0.5) is 0 Å². The van der Waals surface area contributed by atoms with Gasteiger partial charge < -0.3 is 10.1 Å². The molecule has 2 aromatic heterocycles. The molecule has 0 amide bonds. The van der Waals surface area contributed by atoms with Crippen molar-refractivity contribution in [2.24, 2.45) is 0 Å². The van der Waals surface area contributed by atoms with Crippen LogP contribution in [0.25, 0.3) is 0 Å². The summed E-state index contributed by atoms with van der Waals surface area (Å²) in [6.07, 6.45) is 3.80. The number of aromatic nitrogens is 3. The number of nitrogens with one attached hydrogen (secondary N) is 1. The number of benzene rings is 1. The Morgan fingerprint density at radius 2 is 2.04 bits per heavy atom. The Hall–Kier alpha value is -2.18. The number of para-hydroxylation sites is 1. The van der Waals surface area contributed by atoms with E-state index in [1.165, 1.54) is 0 Å². The molecule has 5 nitrogen and oxygen atoms in total. The van der Waals surface area contributed by atoms with E-state index >= 15 is 0 Å². The summed E-state index contributed by atoms with van der Waals surface area (Å²) in [5.41, 5.74) is 1.05. The first-order chi connectivity index (χ1) is 11.7. The van der Waals surface area contributed by atoms with Crippen molar-refractivity contribution >= 4 is 11.3 Å². The maximum Gasteiger partial charge on any atom is 0.140 e. The minimum atomic E-state index is 0.291. The van der Waals surface area contributed by atoms with Crippen molar-refractivity contribution < 1.29 is 4.74 Å². The molecule has 0 saturated carbocycles. The average Bonchev–Trinajstić information content (AvgIpc) is 3.30. The number of rotatable bonds is 8. The van der Waals surface area contributed by atoms with Crippen molar-refractivity contribution in [2.45, 2.75) is 39.1 Å². The van der Waals surface area contributed by atoms with Crippen LogP contribution in [0.3, 0.4) is 0 Å². The van der Waals surface area contributed by atoms with E-state index in [1.54, 1.807) is 11.3 Å². The number of thiazole rings is 1. The summed E-state index contributed by atoms with van der Waals surface area (Å²) < 4.78 is 7.70. The molecule has 0 radical (unpaired) electrons. The van der Waals surface area contributed by atoms with Crippen LogP contribution in [-0.4, -0.2) is 20.8 Å². The van der Waals surface area contributed by atoms with Crippen molar-refractivity contribution in [1.29, 1.82) is 0 Å². The molecule has 1 aromatic carbocycles. The molecule has 126 valence electrons. The van der Waals surface area contributed by atoms with E-state index in [2.05, 4.69) is 34.6 Å². The molecule has 0 aliphatic heterocycles. The van der Waals surface area contributed by atoms with Crippen LogP contribution in [0, 0.1) is 0 Å². The van der Waals surface area contributed by atoms with Crippen LogP contribution in [0.5, 0.6) is 5.75 Å². The predicted octanol–water partition coefficient (Wildman–Crippen LogP) is 3.66. The summed E-state index contributed by atoms with van der Waals surface area (Å²) in [5, 5.41) is 10.9. The van der Waals surface area contributed by atoms with Crippen LogP contribution < -0.4 is 10.1 Å². The van der Waals surface area contributed by atoms with E-state index in [1.807, 2.05) is 53.5 Å². The third-order valence-electron chi connectivity index (χ3n) is 3.98. The Morgan fingerprint density at radius 1 is 1.21 bits per heavy atom. The molecule has 2 atom stereocenters. The molecular formula is C18H22N4OS. The van der Waals surface area contributed by atoms with Crippen molar-refractivity contribution in [3.05, 3.63) is 64.9 Å². The summed E-state index contributed by atoms with van der Waals surface area (Å²) in [4.78, 5) is 4.63. The molecule has 24 heavy (non-hydrogen) atoms. The SMILES string of the molecule is C[C@@H](NCc1csc(COc2ccccc2)n1)[C@H](C)n1cccn1. The highest BCUT2D eigenvalue weighted by Gasteiger charge is 2.14. The highest BCUT2D eigenvalue weighted by atomic mass is 32.1. The Balaban J connectivity index is 1.47. The monoisotopic (exact) mass is 342 g/mol. The van der Waals surface area contributed by atoms with Gasteiger partial charge in [0.15, 0.2) is 0 Å². The van der Waals surface area contributed by atoms with Crippen molar-refractivity contribution in [3.63, 3.8) is 0 Å². The van der Waals surface area contributed by atoms with Crippen LogP contribution in [0.15, 0.2) is 54.2 Å². The normalized spacial score (nSPS) is 13.6. The largest absolute Gasteiger partial charge is 0.486 e. The standard InChI is InChI=1S/C18H22N4OS/c1-14(15(2)22-10-6-9-20-22)19-11-16-13-24-18(21-16)12-23-17-7-4-3-5-8-17/h3-10,13-15,19H,11-12H2,1-2H3/t14-,15+/m1/s1. The van der Waals surface area contributed by atoms with Gasteiger partial charge >= 0.3 is 0 Å². The van der Waals surface area contributed by atoms with Crippen LogP contribution in [0.2, 0.25) is 0 Å². The van der Waals surface area contributed by atoms with Gasteiger partial charge in [-0.1, -0.05) is 18.2 Å². The minimum absolute atomic E-state index is 0.291. The van der Waals surface area contributed by atoms with E-state index in [0.717, 1.165) is 23.0 Å². The van der Waals surface area contributed by atoms with Gasteiger partial charge in [-0.2, -0.15) is 5.10 Å². The second-order valence-corrected chi connectivity index (χ2v) is 6.67. The van der Waals surface area contributed by atoms with Gasteiger partial charge in [0.1, 0.15) is 17.4 Å². The molecule has 0 saturated heterocycles. The second kappa shape index (κ2) is 8.08. The molecule has 3 rings (SSSR count). The Morgan fingerprint density at radius 3 is 2.79 bits per heavy atom. The van der Waals surface area contributed by atoms with Crippen molar-refractivity contribution in [3.8, 4) is 5.75 Å². The molecular weight excluding hydrogens is 320 g/mol. The molecule has 0 unspecified atom stereocenters. The maximum atomic E-state index is 5.73. The second-order valence-electron chi connectivity index (χ2n) is 5.73. The molecule has 0 bridgehead atoms. The fourth-order valence-corrected chi connectivity index (χ4v) is 3.05. The fourth-order valence-electron chi connectivity index (χ4n) is 2.34. The third-order valence-corrected chi connectivity index (χ3v) is 4.85. The molecule has 3 aromatic rings. The summed E-state index contributed by atoms with van der Waals surface area (Å²) in [6, 6.07) is 12.4. The number of hydrogen-bond donors (Lipinski definition) is 1. The van der Waals surface area contributed by atoms with Gasteiger partial charge in [0.2, 0.25) is 0 Å². The molecule has 2 heterocycles. The minimum Gasteiger partial charge on any atom is -0.486 e. The smallest absolute Gasteiger partial charge is 0.140 e. The van der Waals surface area contributed by atoms with Crippen LogP contribution in [0.1, 0.15) is 30.6 Å². The first kappa shape index (κ1) is 16.7. The summed E-state index contributed by atoms with van der Waals surface area (Å²) in [7, 11) is 0. The van der Waals surface area contributed by atoms with Gasteiger partial charge in [-0.25, -0.2) is 4.98 Å². The highest BCUT2D eigenvalue weighted by Crippen LogP contribution is 2.16. The molecule has 0 spiro atoms. The van der Waals surface area contributed by atoms with Crippen molar-refractivity contribution in [2.75, 3.05) is 0 Å². The molecule has 1 N–H and O–H groups in total. The predicted molar refractivity (Wildman–Crippen MR) is 96.1 cm³/mol. The first-order valence-electron chi connectivity index (χ1n) is 8.06. The quantitative estimate of drug-likeness (QED) is 0.679. The van der Waals surface area contributed by atoms with Gasteiger partial charge in [-0.15, -0.1) is 11.3 Å². The van der Waals surface area contributed by atoms with E-state index in [4.69, 9.17) is 4.74 Å². The van der Waals surface area contributed by atoms with E-state index < -0.39 is 0 Å². The summed E-state index contributed by atoms with van der Waals surface area (Å²) >= 11 is 1.63. The van der Waals surface area contributed by atoms with Crippen LogP contribution >= 0.6 is 11.3 Å². The van der Waals surface area contributed by atoms with Gasteiger partial charge in [0.25, 0.3) is 0 Å². The van der Waals surface area contributed by atoms with Gasteiger partial charge in [0.05, 0.1) is 11.7 Å². The fraction of sp³-hybridized carbons (Fsp3) is 0.333. The maximum absolute atomic E-state index is 5.73. The third kappa shape index (κ3) is 4.43. The lowest BCUT2D eigenvalue weighted by molar-refractivity contribution is 0.305. The van der Waals surface area contributed by atoms with E-state index in [9.17, 15) is 0 Å². The van der Waals surface area contributed by atoms with E-state index in [-0.39, 0.29) is 0 Å². The summed E-state index contributed by atoms with van der Waals surface area (Å²) in [6.45, 7) is 5.57. The van der Waals surface area contributed by atoms with Gasteiger partial charge in [0, 0.05) is 30.4 Å². The Labute approximate surface area is 146 Å². The van der Waals surface area contributed by atoms with Gasteiger partial charge in [-0.3, -0.25) is 4.68 Å². The van der Waals surface area contributed by atoms with E-state index in [0.29, 0.717) is 18.7 Å². The molecule has 0 aliphatic carbocycles. The zero-order valence-corrected chi connectivity index (χ0v) is 14.7. The topological polar surface area (TPSA) is 52.0 Å². The average molecular weight is 342 g/mol. The number of ether oxygens (including phenoxy) is 1. The van der Waals surface area contributed by atoms with Crippen LogP contribution in [-0.2, 0) is 13.2 Å². The lowest BCUT2D eigenvalue weighted by Crippen LogP contribution is -2.33. The lowest BCUT2D eigenvalue weighted by atomic mass is 10.2. The van der Waals surface area contributed by atoms with Crippen molar-refractivity contribution in [1.82, 2.24) is 20.1 Å². The number of hydrogen-bond acceptors (Lipinski definition) is 5. The molecule has 6 heteroatoms. The Bertz CT molecular complexity index is 727. The summed E-state index contributed by atoms with van der Waals surface area (Å²) in [5.74, 6) is 0.869. The highest BCUT2D eigenvalue weighted by molar-refractivity contribution is 7.09. The molecule has 0 aliphatic rings. The first-order valence-corrected chi connectivity index (χ1v) is 8.94. The van der Waals surface area contributed by atoms with Gasteiger partial charge in [-0.05, 0) is 32.0 Å². The zero-order valence-electron chi connectivity index (χ0n) is 13.9. The Kier molecular flexibility index (Phi) is 5.61. The zero-order chi connectivity index (χ0) is 16.8.